The van der Waals surface area contributed by atoms with Crippen LogP contribution in [-0.2, 0) is 0 Å². The Morgan fingerprint density at radius 2 is 2.20 bits per heavy atom. The van der Waals surface area contributed by atoms with E-state index < -0.39 is 5.97 Å². The van der Waals surface area contributed by atoms with Crippen LogP contribution in [0, 0.1) is 0 Å². The van der Waals surface area contributed by atoms with E-state index in [0.717, 1.165) is 0 Å². The number of pyridine rings is 1. The highest BCUT2D eigenvalue weighted by atomic mass is 35.5. The number of aromatic carboxylic acids is 1. The number of hydrogen-bond donors (Lipinski definition) is 1. The molecule has 0 unspecified atom stereocenters. The maximum atomic E-state index is 11.0. The molecule has 0 fully saturated rings. The fourth-order valence-corrected chi connectivity index (χ4v) is 2.15. The van der Waals surface area contributed by atoms with Gasteiger partial charge >= 0.3 is 5.97 Å². The fourth-order valence-electron chi connectivity index (χ4n) is 1.83. The quantitative estimate of drug-likeness (QED) is 0.685. The first kappa shape index (κ1) is 8.49. The third-order valence-corrected chi connectivity index (χ3v) is 2.83. The van der Waals surface area contributed by atoms with Gasteiger partial charge in [-0.2, -0.15) is 0 Å². The molecule has 0 spiro atoms. The molecule has 1 N–H and O–H groups in total. The van der Waals surface area contributed by atoms with Crippen LogP contribution in [0.15, 0.2) is 24.4 Å². The van der Waals surface area contributed by atoms with Gasteiger partial charge in [0.15, 0.2) is 0 Å². The van der Waals surface area contributed by atoms with Crippen molar-refractivity contribution in [3.05, 3.63) is 35.0 Å². The molecule has 3 heterocycles. The van der Waals surface area contributed by atoms with E-state index in [1.54, 1.807) is 16.5 Å². The number of hydrogen-bond acceptors (Lipinski definition) is 2. The molecule has 5 heteroatoms. The van der Waals surface area contributed by atoms with Crippen LogP contribution in [0.5, 0.6) is 0 Å². The van der Waals surface area contributed by atoms with Crippen LogP contribution in [0.3, 0.4) is 0 Å². The molecule has 74 valence electrons. The molecule has 0 aliphatic carbocycles. The molecule has 0 atom stereocenters. The summed E-state index contributed by atoms with van der Waals surface area (Å²) in [6.45, 7) is 0. The number of nitrogens with zero attached hydrogens (tertiary/aromatic N) is 2. The predicted octanol–water partition coefficient (Wildman–Crippen LogP) is 2.28. The van der Waals surface area contributed by atoms with Crippen LogP contribution in [0.2, 0.25) is 5.02 Å². The first-order valence-electron chi connectivity index (χ1n) is 4.30. The molecule has 0 aliphatic rings. The van der Waals surface area contributed by atoms with Crippen molar-refractivity contribution < 1.29 is 9.90 Å². The van der Waals surface area contributed by atoms with Crippen LogP contribution < -0.4 is 0 Å². The molecule has 0 radical (unpaired) electrons. The minimum absolute atomic E-state index is 0.116. The highest BCUT2D eigenvalue weighted by molar-refractivity contribution is 6.38. The lowest BCUT2D eigenvalue weighted by atomic mass is 10.3. The molecule has 3 aromatic heterocycles. The largest absolute Gasteiger partial charge is 0.478 e. The average molecular weight is 221 g/mol. The van der Waals surface area contributed by atoms with Crippen LogP contribution in [0.1, 0.15) is 10.4 Å². The highest BCUT2D eigenvalue weighted by Crippen LogP contribution is 2.31. The van der Waals surface area contributed by atoms with Crippen LogP contribution in [-0.4, -0.2) is 20.5 Å². The van der Waals surface area contributed by atoms with Gasteiger partial charge in [0.1, 0.15) is 11.2 Å². The molecule has 0 saturated heterocycles. The number of imidazole rings is 1. The zero-order valence-electron chi connectivity index (χ0n) is 7.44. The summed E-state index contributed by atoms with van der Waals surface area (Å²) in [6, 6.07) is 5.38. The zero-order valence-corrected chi connectivity index (χ0v) is 8.19. The summed E-state index contributed by atoms with van der Waals surface area (Å²) in [5.41, 5.74) is 2.04. The van der Waals surface area contributed by atoms with E-state index in [1.807, 2.05) is 6.07 Å². The van der Waals surface area contributed by atoms with E-state index in [2.05, 4.69) is 4.98 Å². The Bertz CT molecular complexity index is 674. The first-order chi connectivity index (χ1) is 7.20. The van der Waals surface area contributed by atoms with Gasteiger partial charge in [-0.3, -0.25) is 4.40 Å². The SMILES string of the molecule is O=C(O)c1c(Cl)c2cccc3ncc1n32. The van der Waals surface area contributed by atoms with Gasteiger partial charge < -0.3 is 5.11 Å². The molecule has 3 aromatic rings. The van der Waals surface area contributed by atoms with Gasteiger partial charge in [0.25, 0.3) is 0 Å². The molecule has 4 nitrogen and oxygen atoms in total. The van der Waals surface area contributed by atoms with Crippen molar-refractivity contribution in [1.29, 1.82) is 0 Å². The standard InChI is InChI=1S/C10H5ClN2O2/c11-9-5-2-1-3-7-12-4-6(13(5)7)8(9)10(14)15/h1-4H,(H,14,15). The number of halogens is 1. The van der Waals surface area contributed by atoms with Crippen molar-refractivity contribution in [3.63, 3.8) is 0 Å². The molecular formula is C10H5ClN2O2. The van der Waals surface area contributed by atoms with E-state index in [-0.39, 0.29) is 10.6 Å². The van der Waals surface area contributed by atoms with E-state index >= 15 is 0 Å². The third kappa shape index (κ3) is 0.915. The van der Waals surface area contributed by atoms with Crippen molar-refractivity contribution in [3.8, 4) is 0 Å². The first-order valence-corrected chi connectivity index (χ1v) is 4.68. The monoisotopic (exact) mass is 220 g/mol. The van der Waals surface area contributed by atoms with Gasteiger partial charge in [0.05, 0.1) is 22.3 Å². The zero-order chi connectivity index (χ0) is 10.6. The number of carboxylic acids is 1. The Hall–Kier alpha value is -1.81. The topological polar surface area (TPSA) is 54.6 Å². The van der Waals surface area contributed by atoms with Crippen molar-refractivity contribution in [1.82, 2.24) is 9.38 Å². The van der Waals surface area contributed by atoms with Crippen molar-refractivity contribution in [2.75, 3.05) is 0 Å². The molecule has 0 saturated carbocycles. The van der Waals surface area contributed by atoms with Crippen molar-refractivity contribution >= 4 is 34.3 Å². The molecule has 15 heavy (non-hydrogen) atoms. The number of carboxylic acid groups (broad SMARTS) is 1. The third-order valence-electron chi connectivity index (χ3n) is 2.44. The van der Waals surface area contributed by atoms with Gasteiger partial charge in [-0.15, -0.1) is 0 Å². The van der Waals surface area contributed by atoms with Crippen molar-refractivity contribution in [2.24, 2.45) is 0 Å². The summed E-state index contributed by atoms with van der Waals surface area (Å²) < 4.78 is 1.74. The minimum Gasteiger partial charge on any atom is -0.478 e. The van der Waals surface area contributed by atoms with Gasteiger partial charge in [0.2, 0.25) is 0 Å². The highest BCUT2D eigenvalue weighted by Gasteiger charge is 2.21. The fraction of sp³-hybridized carbons (Fsp3) is 0. The van der Waals surface area contributed by atoms with Gasteiger partial charge in [0, 0.05) is 0 Å². The Labute approximate surface area is 89.1 Å². The summed E-state index contributed by atoms with van der Waals surface area (Å²) in [6.07, 6.45) is 1.53. The summed E-state index contributed by atoms with van der Waals surface area (Å²) >= 11 is 6.00. The average Bonchev–Trinajstić information content (AvgIpc) is 2.72. The lowest BCUT2D eigenvalue weighted by Crippen LogP contribution is -1.94. The van der Waals surface area contributed by atoms with Crippen LogP contribution in [0.4, 0.5) is 0 Å². The normalized spacial score (nSPS) is 11.5. The number of rotatable bonds is 1. The van der Waals surface area contributed by atoms with Gasteiger partial charge in [-0.05, 0) is 12.1 Å². The second kappa shape index (κ2) is 2.61. The number of carbonyl (C=O) groups is 1. The number of aromatic nitrogens is 2. The second-order valence-electron chi connectivity index (χ2n) is 3.24. The van der Waals surface area contributed by atoms with E-state index in [9.17, 15) is 4.79 Å². The second-order valence-corrected chi connectivity index (χ2v) is 3.62. The van der Waals surface area contributed by atoms with Crippen LogP contribution >= 0.6 is 11.6 Å². The maximum Gasteiger partial charge on any atom is 0.339 e. The Morgan fingerprint density at radius 1 is 1.40 bits per heavy atom. The smallest absolute Gasteiger partial charge is 0.339 e. The van der Waals surface area contributed by atoms with Crippen molar-refractivity contribution in [2.45, 2.75) is 0 Å². The summed E-state index contributed by atoms with van der Waals surface area (Å²) in [4.78, 5) is 15.1. The maximum absolute atomic E-state index is 11.0. The molecule has 0 amide bonds. The molecule has 3 rings (SSSR count). The molecule has 0 aliphatic heterocycles. The molecular weight excluding hydrogens is 216 g/mol. The molecule has 0 aromatic carbocycles. The summed E-state index contributed by atoms with van der Waals surface area (Å²) in [5, 5.41) is 9.31. The van der Waals surface area contributed by atoms with Crippen LogP contribution in [0.25, 0.3) is 16.7 Å². The minimum atomic E-state index is -1.03. The van der Waals surface area contributed by atoms with Gasteiger partial charge in [-0.1, -0.05) is 17.7 Å². The summed E-state index contributed by atoms with van der Waals surface area (Å²) in [5.74, 6) is -1.03. The van der Waals surface area contributed by atoms with Gasteiger partial charge in [-0.25, -0.2) is 9.78 Å². The molecule has 0 bridgehead atoms. The lowest BCUT2D eigenvalue weighted by molar-refractivity contribution is 0.0699. The van der Waals surface area contributed by atoms with E-state index in [4.69, 9.17) is 16.7 Å². The van der Waals surface area contributed by atoms with E-state index in [0.29, 0.717) is 16.7 Å². The predicted molar refractivity (Wildman–Crippen MR) is 55.9 cm³/mol. The summed E-state index contributed by atoms with van der Waals surface area (Å²) in [7, 11) is 0. The lowest BCUT2D eigenvalue weighted by Gasteiger charge is -1.92. The van der Waals surface area contributed by atoms with E-state index in [1.165, 1.54) is 6.20 Å². The Balaban J connectivity index is 2.65. The Morgan fingerprint density at radius 3 is 2.93 bits per heavy atom. The Kier molecular flexibility index (Phi) is 1.48.